The van der Waals surface area contributed by atoms with Crippen LogP contribution in [0.5, 0.6) is 5.75 Å². The van der Waals surface area contributed by atoms with E-state index in [1.807, 2.05) is 0 Å². The number of benzene rings is 3. The molecular weight excluding hydrogens is 530 g/mol. The molecule has 0 saturated carbocycles. The maximum atomic E-state index is 14.7. The van der Waals surface area contributed by atoms with E-state index in [1.54, 1.807) is 55.1 Å². The summed E-state index contributed by atoms with van der Waals surface area (Å²) in [5.41, 5.74) is 4.33. The van der Waals surface area contributed by atoms with Crippen molar-refractivity contribution in [2.24, 2.45) is 0 Å². The summed E-state index contributed by atoms with van der Waals surface area (Å²) in [6.45, 7) is 2.65. The molecule has 0 aliphatic carbocycles. The standard InChI is InChI=1S/C29H23F4N3O4/c1-16-11-20(13-25(30)24(16)15-38)19-5-8-26(36-10-9-21(14-37)35-36)23(12-19)28-27(34-17(2)39-28)18-3-6-22(7-4-18)40-29(31,32)33/h3-13,37-38H,14-15H2,1-2H3. The average Bonchev–Trinajstić information content (AvgIpc) is 3.54. The first kappa shape index (κ1) is 27.1. The Balaban J connectivity index is 1.67. The van der Waals surface area contributed by atoms with Crippen molar-refractivity contribution in [3.05, 3.63) is 95.4 Å². The molecule has 40 heavy (non-hydrogen) atoms. The maximum absolute atomic E-state index is 14.7. The molecule has 0 atom stereocenters. The second kappa shape index (κ2) is 10.6. The Morgan fingerprint density at radius 1 is 0.900 bits per heavy atom. The van der Waals surface area contributed by atoms with Crippen molar-refractivity contribution in [1.29, 1.82) is 0 Å². The van der Waals surface area contributed by atoms with Crippen LogP contribution in [-0.2, 0) is 13.2 Å². The molecule has 0 spiro atoms. The minimum Gasteiger partial charge on any atom is -0.440 e. The molecule has 2 N–H and O–H groups in total. The summed E-state index contributed by atoms with van der Waals surface area (Å²) in [6.07, 6.45) is -3.16. The number of halogens is 4. The van der Waals surface area contributed by atoms with E-state index in [4.69, 9.17) is 4.42 Å². The van der Waals surface area contributed by atoms with Crippen molar-refractivity contribution in [2.45, 2.75) is 33.4 Å². The highest BCUT2D eigenvalue weighted by Gasteiger charge is 2.31. The van der Waals surface area contributed by atoms with Gasteiger partial charge in [-0.1, -0.05) is 12.1 Å². The van der Waals surface area contributed by atoms with Crippen molar-refractivity contribution < 1.29 is 36.9 Å². The summed E-state index contributed by atoms with van der Waals surface area (Å²) < 4.78 is 64.2. The second-order valence-corrected chi connectivity index (χ2v) is 9.04. The van der Waals surface area contributed by atoms with Crippen LogP contribution in [0.2, 0.25) is 0 Å². The number of aryl methyl sites for hydroxylation is 2. The van der Waals surface area contributed by atoms with Crippen molar-refractivity contribution in [2.75, 3.05) is 0 Å². The number of oxazole rings is 1. The van der Waals surface area contributed by atoms with Gasteiger partial charge in [0, 0.05) is 29.8 Å². The summed E-state index contributed by atoms with van der Waals surface area (Å²) in [6, 6.07) is 15.3. The third kappa shape index (κ3) is 5.47. The summed E-state index contributed by atoms with van der Waals surface area (Å²) in [7, 11) is 0. The van der Waals surface area contributed by atoms with Crippen molar-refractivity contribution in [3.8, 4) is 45.1 Å². The van der Waals surface area contributed by atoms with E-state index >= 15 is 0 Å². The molecule has 3 aromatic carbocycles. The maximum Gasteiger partial charge on any atom is 0.573 e. The Morgan fingerprint density at radius 2 is 1.62 bits per heavy atom. The Kier molecular flexibility index (Phi) is 7.17. The van der Waals surface area contributed by atoms with E-state index in [-0.39, 0.29) is 17.9 Å². The Bertz CT molecular complexity index is 1650. The van der Waals surface area contributed by atoms with E-state index in [2.05, 4.69) is 14.8 Å². The number of aliphatic hydroxyl groups is 2. The van der Waals surface area contributed by atoms with E-state index in [0.29, 0.717) is 56.5 Å². The van der Waals surface area contributed by atoms with Gasteiger partial charge in [-0.3, -0.25) is 0 Å². The molecule has 5 rings (SSSR count). The van der Waals surface area contributed by atoms with Gasteiger partial charge in [0.05, 0.1) is 24.6 Å². The fourth-order valence-corrected chi connectivity index (χ4v) is 4.44. The number of rotatable bonds is 7. The monoisotopic (exact) mass is 553 g/mol. The SMILES string of the molecule is Cc1nc(-c2ccc(OC(F)(F)F)cc2)c(-c2cc(-c3cc(C)c(CO)c(F)c3)ccc2-n2ccc(CO)n2)o1. The summed E-state index contributed by atoms with van der Waals surface area (Å²) >= 11 is 0. The highest BCUT2D eigenvalue weighted by atomic mass is 19.4. The summed E-state index contributed by atoms with van der Waals surface area (Å²) in [4.78, 5) is 4.48. The molecule has 2 aromatic heterocycles. The lowest BCUT2D eigenvalue weighted by molar-refractivity contribution is -0.274. The molecule has 5 aromatic rings. The smallest absolute Gasteiger partial charge is 0.440 e. The van der Waals surface area contributed by atoms with E-state index in [0.717, 1.165) is 0 Å². The third-order valence-corrected chi connectivity index (χ3v) is 6.30. The zero-order chi connectivity index (χ0) is 28.6. The number of ether oxygens (including phenoxy) is 1. The highest BCUT2D eigenvalue weighted by Crippen LogP contribution is 2.39. The van der Waals surface area contributed by atoms with Crippen LogP contribution in [0.25, 0.3) is 39.4 Å². The molecule has 0 radical (unpaired) electrons. The van der Waals surface area contributed by atoms with Crippen LogP contribution in [0.4, 0.5) is 17.6 Å². The van der Waals surface area contributed by atoms with Gasteiger partial charge in [0.25, 0.3) is 0 Å². The van der Waals surface area contributed by atoms with Crippen LogP contribution in [0.3, 0.4) is 0 Å². The average molecular weight is 554 g/mol. The molecule has 0 amide bonds. The Morgan fingerprint density at radius 3 is 2.25 bits per heavy atom. The molecule has 0 saturated heterocycles. The predicted octanol–water partition coefficient (Wildman–Crippen LogP) is 6.50. The van der Waals surface area contributed by atoms with Crippen LogP contribution >= 0.6 is 0 Å². The predicted molar refractivity (Wildman–Crippen MR) is 138 cm³/mol. The number of alkyl halides is 3. The van der Waals surface area contributed by atoms with Crippen LogP contribution in [-0.4, -0.2) is 31.3 Å². The van der Waals surface area contributed by atoms with Gasteiger partial charge in [0.15, 0.2) is 11.7 Å². The first-order valence-corrected chi connectivity index (χ1v) is 12.1. The van der Waals surface area contributed by atoms with Gasteiger partial charge in [-0.05, 0) is 72.1 Å². The number of aromatic nitrogens is 3. The molecule has 2 heterocycles. The van der Waals surface area contributed by atoms with Gasteiger partial charge in [0.2, 0.25) is 0 Å². The molecule has 0 unspecified atom stereocenters. The molecule has 11 heteroatoms. The van der Waals surface area contributed by atoms with Gasteiger partial charge < -0.3 is 19.4 Å². The van der Waals surface area contributed by atoms with E-state index in [9.17, 15) is 27.8 Å². The van der Waals surface area contributed by atoms with Crippen molar-refractivity contribution in [1.82, 2.24) is 14.8 Å². The van der Waals surface area contributed by atoms with Gasteiger partial charge in [-0.2, -0.15) is 5.10 Å². The van der Waals surface area contributed by atoms with Gasteiger partial charge in [-0.25, -0.2) is 14.1 Å². The first-order valence-electron chi connectivity index (χ1n) is 12.1. The first-order chi connectivity index (χ1) is 19.1. The quantitative estimate of drug-likeness (QED) is 0.224. The van der Waals surface area contributed by atoms with E-state index < -0.39 is 18.8 Å². The molecule has 206 valence electrons. The van der Waals surface area contributed by atoms with Gasteiger partial charge in [0.1, 0.15) is 17.3 Å². The number of hydrogen-bond donors (Lipinski definition) is 2. The van der Waals surface area contributed by atoms with Gasteiger partial charge >= 0.3 is 6.36 Å². The van der Waals surface area contributed by atoms with E-state index in [1.165, 1.54) is 30.3 Å². The van der Waals surface area contributed by atoms with Crippen LogP contribution in [0.1, 0.15) is 22.7 Å². The molecule has 0 aliphatic heterocycles. The normalized spacial score (nSPS) is 11.7. The van der Waals surface area contributed by atoms with Crippen molar-refractivity contribution in [3.63, 3.8) is 0 Å². The van der Waals surface area contributed by atoms with Crippen LogP contribution < -0.4 is 4.74 Å². The molecule has 0 bridgehead atoms. The minimum absolute atomic E-state index is 0.208. The second-order valence-electron chi connectivity index (χ2n) is 9.04. The minimum atomic E-state index is -4.82. The summed E-state index contributed by atoms with van der Waals surface area (Å²) in [5, 5.41) is 23.4. The third-order valence-electron chi connectivity index (χ3n) is 6.30. The summed E-state index contributed by atoms with van der Waals surface area (Å²) in [5.74, 6) is -0.301. The fraction of sp³-hybridized carbons (Fsp3) is 0.172. The highest BCUT2D eigenvalue weighted by molar-refractivity contribution is 5.85. The van der Waals surface area contributed by atoms with Crippen molar-refractivity contribution >= 4 is 0 Å². The molecule has 7 nitrogen and oxygen atoms in total. The number of aliphatic hydroxyl groups excluding tert-OH is 2. The van der Waals surface area contributed by atoms with Gasteiger partial charge in [-0.15, -0.1) is 13.2 Å². The van der Waals surface area contributed by atoms with Crippen LogP contribution in [0, 0.1) is 19.7 Å². The zero-order valence-corrected chi connectivity index (χ0v) is 21.3. The topological polar surface area (TPSA) is 93.5 Å². The number of hydrogen-bond acceptors (Lipinski definition) is 6. The molecular formula is C29H23F4N3O4. The molecule has 0 aliphatic rings. The fourth-order valence-electron chi connectivity index (χ4n) is 4.44. The lowest BCUT2D eigenvalue weighted by Crippen LogP contribution is -2.16. The molecule has 0 fully saturated rings. The lowest BCUT2D eigenvalue weighted by Gasteiger charge is -2.14. The Hall–Kier alpha value is -4.48. The van der Waals surface area contributed by atoms with Crippen LogP contribution in [0.15, 0.2) is 71.3 Å². The Labute approximate surface area is 225 Å². The largest absolute Gasteiger partial charge is 0.573 e. The zero-order valence-electron chi connectivity index (χ0n) is 21.3. The number of nitrogens with zero attached hydrogens (tertiary/aromatic N) is 3. The lowest BCUT2D eigenvalue weighted by atomic mass is 9.96.